The van der Waals surface area contributed by atoms with Gasteiger partial charge in [0.25, 0.3) is 5.91 Å². The molecule has 3 aromatic rings. The number of hydrogen-bond acceptors (Lipinski definition) is 4. The molecule has 29 heavy (non-hydrogen) atoms. The summed E-state index contributed by atoms with van der Waals surface area (Å²) in [6.45, 7) is -0.449. The lowest BCUT2D eigenvalue weighted by atomic mass is 9.98. The van der Waals surface area contributed by atoms with Gasteiger partial charge < -0.3 is 14.8 Å². The third kappa shape index (κ3) is 5.42. The Kier molecular flexibility index (Phi) is 6.58. The van der Waals surface area contributed by atoms with Gasteiger partial charge in [-0.25, -0.2) is 9.18 Å². The summed E-state index contributed by atoms with van der Waals surface area (Å²) in [7, 11) is 1.58. The number of methoxy groups -OCH3 is 1. The highest BCUT2D eigenvalue weighted by atomic mass is 19.1. The molecule has 0 heterocycles. The number of carbonyl (C=O) groups excluding carboxylic acids is 2. The highest BCUT2D eigenvalue weighted by molar-refractivity contribution is 5.91. The van der Waals surface area contributed by atoms with Gasteiger partial charge in [0.05, 0.1) is 18.7 Å². The molecule has 0 aliphatic rings. The summed E-state index contributed by atoms with van der Waals surface area (Å²) < 4.78 is 23.2. The standard InChI is InChI=1S/C23H20FNO4/c1-28-20-13-9-17(10-14-20)22(16-5-3-2-4-6-16)25-21(26)15-29-23(27)18-7-11-19(24)12-8-18/h2-14,22H,15H2,1H3,(H,25,26)/t22-/m1/s1. The van der Waals surface area contributed by atoms with Crippen LogP contribution in [-0.4, -0.2) is 25.6 Å². The van der Waals surface area contributed by atoms with Crippen LogP contribution in [0.4, 0.5) is 4.39 Å². The van der Waals surface area contributed by atoms with Crippen molar-refractivity contribution in [3.8, 4) is 5.75 Å². The van der Waals surface area contributed by atoms with E-state index in [1.165, 1.54) is 12.1 Å². The van der Waals surface area contributed by atoms with Crippen molar-refractivity contribution >= 4 is 11.9 Å². The molecule has 1 N–H and O–H groups in total. The van der Waals surface area contributed by atoms with Gasteiger partial charge >= 0.3 is 5.97 Å². The lowest BCUT2D eigenvalue weighted by molar-refractivity contribution is -0.124. The highest BCUT2D eigenvalue weighted by Crippen LogP contribution is 2.24. The molecule has 0 aliphatic carbocycles. The van der Waals surface area contributed by atoms with Crippen molar-refractivity contribution in [1.82, 2.24) is 5.32 Å². The second-order valence-corrected chi connectivity index (χ2v) is 6.27. The monoisotopic (exact) mass is 393 g/mol. The Bertz CT molecular complexity index is 956. The lowest BCUT2D eigenvalue weighted by Crippen LogP contribution is -2.33. The van der Waals surface area contributed by atoms with Crippen LogP contribution in [0.1, 0.15) is 27.5 Å². The molecule has 0 saturated heterocycles. The van der Waals surface area contributed by atoms with Crippen LogP contribution >= 0.6 is 0 Å². The Morgan fingerprint density at radius 2 is 1.52 bits per heavy atom. The van der Waals surface area contributed by atoms with Gasteiger partial charge in [0.1, 0.15) is 11.6 Å². The Morgan fingerprint density at radius 3 is 2.14 bits per heavy atom. The second-order valence-electron chi connectivity index (χ2n) is 6.27. The van der Waals surface area contributed by atoms with Gasteiger partial charge in [-0.05, 0) is 47.5 Å². The molecule has 3 aromatic carbocycles. The zero-order valence-corrected chi connectivity index (χ0v) is 15.8. The Morgan fingerprint density at radius 1 is 0.897 bits per heavy atom. The van der Waals surface area contributed by atoms with E-state index in [1.807, 2.05) is 54.6 Å². The number of benzene rings is 3. The van der Waals surface area contributed by atoms with E-state index in [2.05, 4.69) is 5.32 Å². The number of halogens is 1. The molecule has 0 unspecified atom stereocenters. The van der Waals surface area contributed by atoms with Crippen molar-refractivity contribution in [2.45, 2.75) is 6.04 Å². The van der Waals surface area contributed by atoms with Gasteiger partial charge in [-0.2, -0.15) is 0 Å². The zero-order chi connectivity index (χ0) is 20.6. The predicted octanol–water partition coefficient (Wildman–Crippen LogP) is 3.90. The summed E-state index contributed by atoms with van der Waals surface area (Å²) in [6.07, 6.45) is 0. The van der Waals surface area contributed by atoms with E-state index < -0.39 is 30.3 Å². The number of carbonyl (C=O) groups is 2. The molecule has 3 rings (SSSR count). The van der Waals surface area contributed by atoms with Gasteiger partial charge in [0, 0.05) is 0 Å². The lowest BCUT2D eigenvalue weighted by Gasteiger charge is -2.20. The zero-order valence-electron chi connectivity index (χ0n) is 15.8. The molecule has 0 fully saturated rings. The van der Waals surface area contributed by atoms with Gasteiger partial charge in [-0.3, -0.25) is 4.79 Å². The van der Waals surface area contributed by atoms with E-state index in [0.29, 0.717) is 5.75 Å². The van der Waals surface area contributed by atoms with Gasteiger partial charge in [0.15, 0.2) is 6.61 Å². The smallest absolute Gasteiger partial charge is 0.338 e. The summed E-state index contributed by atoms with van der Waals surface area (Å²) in [5.41, 5.74) is 1.92. The minimum atomic E-state index is -0.694. The summed E-state index contributed by atoms with van der Waals surface area (Å²) in [5.74, 6) is -0.893. The maximum atomic E-state index is 13.0. The minimum Gasteiger partial charge on any atom is -0.497 e. The molecule has 0 aromatic heterocycles. The van der Waals surface area contributed by atoms with Crippen molar-refractivity contribution in [3.05, 3.63) is 101 Å². The van der Waals surface area contributed by atoms with Crippen LogP contribution in [0.3, 0.4) is 0 Å². The summed E-state index contributed by atoms with van der Waals surface area (Å²) in [6, 6.07) is 21.3. The third-order valence-corrected chi connectivity index (χ3v) is 4.30. The molecule has 6 heteroatoms. The topological polar surface area (TPSA) is 64.6 Å². The Balaban J connectivity index is 1.69. The van der Waals surface area contributed by atoms with E-state index in [0.717, 1.165) is 23.3 Å². The third-order valence-electron chi connectivity index (χ3n) is 4.30. The first kappa shape index (κ1) is 20.1. The molecule has 0 bridgehead atoms. The van der Waals surface area contributed by atoms with Crippen molar-refractivity contribution in [3.63, 3.8) is 0 Å². The van der Waals surface area contributed by atoms with Crippen LogP contribution in [0, 0.1) is 5.82 Å². The van der Waals surface area contributed by atoms with Gasteiger partial charge in [-0.1, -0.05) is 42.5 Å². The average molecular weight is 393 g/mol. The fourth-order valence-electron chi connectivity index (χ4n) is 2.80. The first-order valence-corrected chi connectivity index (χ1v) is 8.98. The number of ether oxygens (including phenoxy) is 2. The number of hydrogen-bond donors (Lipinski definition) is 1. The van der Waals surface area contributed by atoms with E-state index in [1.54, 1.807) is 7.11 Å². The molecule has 148 valence electrons. The maximum absolute atomic E-state index is 13.0. The molecule has 0 spiro atoms. The Labute approximate surface area is 168 Å². The molecule has 1 amide bonds. The number of nitrogens with one attached hydrogen (secondary N) is 1. The summed E-state index contributed by atoms with van der Waals surface area (Å²) in [5, 5.41) is 2.89. The largest absolute Gasteiger partial charge is 0.497 e. The molecule has 5 nitrogen and oxygen atoms in total. The number of rotatable bonds is 7. The quantitative estimate of drug-likeness (QED) is 0.619. The van der Waals surface area contributed by atoms with Crippen molar-refractivity contribution in [1.29, 1.82) is 0 Å². The van der Waals surface area contributed by atoms with Gasteiger partial charge in [0.2, 0.25) is 0 Å². The first-order valence-electron chi connectivity index (χ1n) is 8.98. The van der Waals surface area contributed by atoms with Crippen LogP contribution < -0.4 is 10.1 Å². The first-order chi connectivity index (χ1) is 14.1. The fraction of sp³-hybridized carbons (Fsp3) is 0.130. The highest BCUT2D eigenvalue weighted by Gasteiger charge is 2.18. The number of esters is 1. The van der Waals surface area contributed by atoms with E-state index in [-0.39, 0.29) is 5.56 Å². The van der Waals surface area contributed by atoms with Crippen molar-refractivity contribution in [2.24, 2.45) is 0 Å². The molecule has 0 radical (unpaired) electrons. The van der Waals surface area contributed by atoms with Gasteiger partial charge in [-0.15, -0.1) is 0 Å². The fourth-order valence-corrected chi connectivity index (χ4v) is 2.80. The summed E-state index contributed by atoms with van der Waals surface area (Å²) in [4.78, 5) is 24.5. The molecular weight excluding hydrogens is 373 g/mol. The minimum absolute atomic E-state index is 0.175. The van der Waals surface area contributed by atoms with Crippen LogP contribution in [-0.2, 0) is 9.53 Å². The average Bonchev–Trinajstić information content (AvgIpc) is 2.77. The SMILES string of the molecule is COc1ccc([C@H](NC(=O)COC(=O)c2ccc(F)cc2)c2ccccc2)cc1. The normalized spacial score (nSPS) is 11.4. The predicted molar refractivity (Wildman–Crippen MR) is 106 cm³/mol. The van der Waals surface area contributed by atoms with Crippen LogP contribution in [0.25, 0.3) is 0 Å². The van der Waals surface area contributed by atoms with Crippen LogP contribution in [0.2, 0.25) is 0 Å². The molecule has 0 saturated carbocycles. The summed E-state index contributed by atoms with van der Waals surface area (Å²) >= 11 is 0. The molecule has 0 aliphatic heterocycles. The van der Waals surface area contributed by atoms with Crippen molar-refractivity contribution in [2.75, 3.05) is 13.7 Å². The van der Waals surface area contributed by atoms with E-state index in [4.69, 9.17) is 9.47 Å². The Hall–Kier alpha value is -3.67. The van der Waals surface area contributed by atoms with Crippen LogP contribution in [0.5, 0.6) is 5.75 Å². The number of amides is 1. The molecular formula is C23H20FNO4. The van der Waals surface area contributed by atoms with E-state index >= 15 is 0 Å². The molecule has 1 atom stereocenters. The van der Waals surface area contributed by atoms with Crippen LogP contribution in [0.15, 0.2) is 78.9 Å². The van der Waals surface area contributed by atoms with Crippen molar-refractivity contribution < 1.29 is 23.5 Å². The maximum Gasteiger partial charge on any atom is 0.338 e. The second kappa shape index (κ2) is 9.50. The van der Waals surface area contributed by atoms with E-state index in [9.17, 15) is 14.0 Å².